The van der Waals surface area contributed by atoms with Gasteiger partial charge in [-0.3, -0.25) is 4.79 Å². The zero-order valence-corrected chi connectivity index (χ0v) is 16.3. The molecule has 6 nitrogen and oxygen atoms in total. The Morgan fingerprint density at radius 2 is 1.64 bits per heavy atom. The maximum atomic E-state index is 11.4. The van der Waals surface area contributed by atoms with Crippen molar-refractivity contribution in [2.45, 2.75) is 19.6 Å². The average molecular weight is 385 g/mol. The number of carbonyl (C=O) groups excluding carboxylic acids is 1. The first-order valence-corrected chi connectivity index (χ1v) is 9.77. The number of rotatable bonds is 8. The van der Waals surface area contributed by atoms with Crippen molar-refractivity contribution >= 4 is 5.91 Å². The highest BCUT2D eigenvalue weighted by molar-refractivity contribution is 5.73. The van der Waals surface area contributed by atoms with Crippen LogP contribution in [0.5, 0.6) is 11.5 Å². The third-order valence-electron chi connectivity index (χ3n) is 4.95. The number of piperazine rings is 1. The monoisotopic (exact) mass is 385 g/mol. The van der Waals surface area contributed by atoms with E-state index in [2.05, 4.69) is 0 Å². The zero-order chi connectivity index (χ0) is 19.8. The second-order valence-electron chi connectivity index (χ2n) is 7.17. The van der Waals surface area contributed by atoms with E-state index in [4.69, 9.17) is 9.47 Å². The van der Waals surface area contributed by atoms with Gasteiger partial charge in [0.05, 0.1) is 26.2 Å². The van der Waals surface area contributed by atoms with Gasteiger partial charge in [0.25, 0.3) is 0 Å². The zero-order valence-electron chi connectivity index (χ0n) is 16.3. The molecular weight excluding hydrogens is 356 g/mol. The second kappa shape index (κ2) is 10.1. The molecule has 1 aliphatic rings. The van der Waals surface area contributed by atoms with Crippen LogP contribution in [-0.4, -0.2) is 61.3 Å². The molecule has 0 unspecified atom stereocenters. The molecule has 6 heteroatoms. The van der Waals surface area contributed by atoms with Gasteiger partial charge >= 0.3 is 0 Å². The lowest BCUT2D eigenvalue weighted by Gasteiger charge is -2.32. The highest BCUT2D eigenvalue weighted by Gasteiger charge is 2.23. The van der Waals surface area contributed by atoms with Crippen molar-refractivity contribution in [2.24, 2.45) is 0 Å². The summed E-state index contributed by atoms with van der Waals surface area (Å²) in [5.74, 6) is 1.62. The van der Waals surface area contributed by atoms with E-state index in [0.717, 1.165) is 37.5 Å². The average Bonchev–Trinajstić information content (AvgIpc) is 2.72. The number of nitrogens with one attached hydrogen (secondary N) is 1. The lowest BCUT2D eigenvalue weighted by molar-refractivity contribution is -0.907. The largest absolute Gasteiger partial charge is 0.491 e. The summed E-state index contributed by atoms with van der Waals surface area (Å²) >= 11 is 0. The molecule has 0 aromatic heterocycles. The molecule has 150 valence electrons. The van der Waals surface area contributed by atoms with Crippen LogP contribution in [0.1, 0.15) is 12.5 Å². The van der Waals surface area contributed by atoms with Crippen LogP contribution in [0.4, 0.5) is 0 Å². The van der Waals surface area contributed by atoms with E-state index in [1.807, 2.05) is 59.5 Å². The fourth-order valence-corrected chi connectivity index (χ4v) is 3.30. The smallest absolute Gasteiger partial charge is 0.219 e. The van der Waals surface area contributed by atoms with Crippen LogP contribution in [0, 0.1) is 0 Å². The van der Waals surface area contributed by atoms with Crippen molar-refractivity contribution in [1.29, 1.82) is 0 Å². The Labute approximate surface area is 166 Å². The quantitative estimate of drug-likeness (QED) is 0.704. The Morgan fingerprint density at radius 3 is 2.25 bits per heavy atom. The number of benzene rings is 2. The maximum absolute atomic E-state index is 11.4. The van der Waals surface area contributed by atoms with Crippen molar-refractivity contribution < 1.29 is 24.3 Å². The van der Waals surface area contributed by atoms with Crippen LogP contribution in [0.3, 0.4) is 0 Å². The van der Waals surface area contributed by atoms with Gasteiger partial charge in [-0.05, 0) is 29.8 Å². The minimum absolute atomic E-state index is 0.124. The molecule has 0 aliphatic carbocycles. The number of aliphatic hydroxyl groups excluding tert-OH is 1. The van der Waals surface area contributed by atoms with Crippen LogP contribution in [-0.2, 0) is 11.4 Å². The van der Waals surface area contributed by atoms with Crippen LogP contribution in [0.2, 0.25) is 0 Å². The molecule has 0 spiro atoms. The molecule has 1 saturated heterocycles. The predicted molar refractivity (Wildman–Crippen MR) is 107 cm³/mol. The summed E-state index contributed by atoms with van der Waals surface area (Å²) in [6.45, 7) is 6.25. The van der Waals surface area contributed by atoms with Crippen LogP contribution < -0.4 is 14.4 Å². The van der Waals surface area contributed by atoms with Gasteiger partial charge in [0.1, 0.15) is 37.4 Å². The van der Waals surface area contributed by atoms with E-state index in [1.165, 1.54) is 4.90 Å². The summed E-state index contributed by atoms with van der Waals surface area (Å²) in [6.07, 6.45) is -0.534. The molecule has 2 aromatic rings. The molecule has 1 atom stereocenters. The van der Waals surface area contributed by atoms with Crippen LogP contribution >= 0.6 is 0 Å². The fourth-order valence-electron chi connectivity index (χ4n) is 3.30. The SMILES string of the molecule is CC(=O)N1CC[NH+](C[C@H](O)COc2ccc(OCc3ccccc3)cc2)CC1. The Hall–Kier alpha value is -2.57. The van der Waals surface area contributed by atoms with Crippen molar-refractivity contribution in [3.63, 3.8) is 0 Å². The Balaban J connectivity index is 1.37. The summed E-state index contributed by atoms with van der Waals surface area (Å²) in [6, 6.07) is 17.5. The van der Waals surface area contributed by atoms with Gasteiger partial charge in [-0.25, -0.2) is 0 Å². The summed E-state index contributed by atoms with van der Waals surface area (Å²) in [4.78, 5) is 14.5. The maximum Gasteiger partial charge on any atom is 0.219 e. The number of hydrogen-bond donors (Lipinski definition) is 2. The van der Waals surface area contributed by atoms with E-state index < -0.39 is 6.10 Å². The summed E-state index contributed by atoms with van der Waals surface area (Å²) in [5.41, 5.74) is 1.12. The van der Waals surface area contributed by atoms with Gasteiger partial charge in [-0.2, -0.15) is 0 Å². The first-order valence-electron chi connectivity index (χ1n) is 9.77. The van der Waals surface area contributed by atoms with E-state index in [0.29, 0.717) is 18.9 Å². The summed E-state index contributed by atoms with van der Waals surface area (Å²) in [5, 5.41) is 10.3. The molecule has 1 fully saturated rings. The van der Waals surface area contributed by atoms with Gasteiger partial charge in [-0.1, -0.05) is 30.3 Å². The highest BCUT2D eigenvalue weighted by Crippen LogP contribution is 2.18. The van der Waals surface area contributed by atoms with E-state index in [1.54, 1.807) is 6.92 Å². The Bertz CT molecular complexity index is 728. The molecule has 0 saturated carbocycles. The van der Waals surface area contributed by atoms with Crippen LogP contribution in [0.15, 0.2) is 54.6 Å². The van der Waals surface area contributed by atoms with Gasteiger partial charge < -0.3 is 24.4 Å². The second-order valence-corrected chi connectivity index (χ2v) is 7.17. The molecule has 0 bridgehead atoms. The van der Waals surface area contributed by atoms with Gasteiger partial charge in [0, 0.05) is 6.92 Å². The van der Waals surface area contributed by atoms with Gasteiger partial charge in [0.15, 0.2) is 0 Å². The topological polar surface area (TPSA) is 63.4 Å². The van der Waals surface area contributed by atoms with E-state index in [9.17, 15) is 9.90 Å². The molecule has 0 radical (unpaired) electrons. The number of aliphatic hydroxyl groups is 1. The predicted octanol–water partition coefficient (Wildman–Crippen LogP) is 0.752. The van der Waals surface area contributed by atoms with Crippen molar-refractivity contribution in [3.05, 3.63) is 60.2 Å². The molecule has 1 aliphatic heterocycles. The third-order valence-corrected chi connectivity index (χ3v) is 4.95. The lowest BCUT2D eigenvalue weighted by atomic mass is 10.2. The van der Waals surface area contributed by atoms with Crippen molar-refractivity contribution in [2.75, 3.05) is 39.3 Å². The summed E-state index contributed by atoms with van der Waals surface area (Å²) < 4.78 is 11.5. The van der Waals surface area contributed by atoms with E-state index >= 15 is 0 Å². The molecule has 1 heterocycles. The molecule has 1 amide bonds. The standard InChI is InChI=1S/C22H28N2O4/c1-18(25)24-13-11-23(12-14-24)15-20(26)17-28-22-9-7-21(8-10-22)27-16-19-5-3-2-4-6-19/h2-10,20,26H,11-17H2,1H3/p+1/t20-/m0/s1. The first kappa shape index (κ1) is 20.2. The molecule has 2 N–H and O–H groups in total. The minimum Gasteiger partial charge on any atom is -0.491 e. The molecular formula is C22H29N2O4+. The lowest BCUT2D eigenvalue weighted by Crippen LogP contribution is -3.15. The number of nitrogens with zero attached hydrogens (tertiary/aromatic N) is 1. The van der Waals surface area contributed by atoms with Gasteiger partial charge in [0.2, 0.25) is 5.91 Å². The number of amides is 1. The van der Waals surface area contributed by atoms with Crippen LogP contribution in [0.25, 0.3) is 0 Å². The van der Waals surface area contributed by atoms with Gasteiger partial charge in [-0.15, -0.1) is 0 Å². The fraction of sp³-hybridized carbons (Fsp3) is 0.409. The van der Waals surface area contributed by atoms with E-state index in [-0.39, 0.29) is 12.5 Å². The highest BCUT2D eigenvalue weighted by atomic mass is 16.5. The Kier molecular flexibility index (Phi) is 7.28. The minimum atomic E-state index is -0.534. The first-order chi connectivity index (χ1) is 13.6. The molecule has 28 heavy (non-hydrogen) atoms. The number of hydrogen-bond acceptors (Lipinski definition) is 4. The van der Waals surface area contributed by atoms with Crippen molar-refractivity contribution in [1.82, 2.24) is 4.90 Å². The number of ether oxygens (including phenoxy) is 2. The third kappa shape index (κ3) is 6.25. The number of carbonyl (C=O) groups is 1. The molecule has 2 aromatic carbocycles. The molecule has 3 rings (SSSR count). The van der Waals surface area contributed by atoms with Crippen molar-refractivity contribution in [3.8, 4) is 11.5 Å². The number of quaternary nitrogens is 1. The summed E-state index contributed by atoms with van der Waals surface area (Å²) in [7, 11) is 0. The Morgan fingerprint density at radius 1 is 1.04 bits per heavy atom. The normalized spacial score (nSPS) is 15.9.